The molecule has 74 valence electrons. The Morgan fingerprint density at radius 1 is 1.43 bits per heavy atom. The van der Waals surface area contributed by atoms with E-state index < -0.39 is 0 Å². The molecule has 2 heterocycles. The van der Waals surface area contributed by atoms with Crippen molar-refractivity contribution in [1.29, 1.82) is 0 Å². The highest BCUT2D eigenvalue weighted by atomic mass is 32.1. The van der Waals surface area contributed by atoms with Crippen LogP contribution >= 0.6 is 22.7 Å². The maximum atomic E-state index is 4.28. The number of rotatable bonds is 4. The largest absolute Gasteiger partial charge is 0.303 e. The lowest BCUT2D eigenvalue weighted by molar-refractivity contribution is 0.576. The fraction of sp³-hybridized carbons (Fsp3) is 0.300. The Balaban J connectivity index is 1.87. The molecule has 0 fully saturated rings. The van der Waals surface area contributed by atoms with Gasteiger partial charge < -0.3 is 5.32 Å². The van der Waals surface area contributed by atoms with Crippen LogP contribution in [0.3, 0.4) is 0 Å². The van der Waals surface area contributed by atoms with Gasteiger partial charge in [0.25, 0.3) is 0 Å². The van der Waals surface area contributed by atoms with Crippen LogP contribution in [0, 0.1) is 0 Å². The minimum atomic E-state index is 0.345. The summed E-state index contributed by atoms with van der Waals surface area (Å²) in [6.07, 6.45) is 1.85. The second-order valence-corrected chi connectivity index (χ2v) is 5.01. The van der Waals surface area contributed by atoms with Crippen LogP contribution in [0.15, 0.2) is 29.1 Å². The zero-order chi connectivity index (χ0) is 9.80. The molecule has 2 nitrogen and oxygen atoms in total. The number of thiazole rings is 1. The van der Waals surface area contributed by atoms with Crippen LogP contribution in [0.25, 0.3) is 0 Å². The molecule has 0 bridgehead atoms. The van der Waals surface area contributed by atoms with Crippen LogP contribution in [0.4, 0.5) is 0 Å². The van der Waals surface area contributed by atoms with Gasteiger partial charge in [-0.25, -0.2) is 4.98 Å². The second-order valence-electron chi connectivity index (χ2n) is 3.05. The molecule has 0 aromatic carbocycles. The summed E-state index contributed by atoms with van der Waals surface area (Å²) in [5.41, 5.74) is 0. The van der Waals surface area contributed by atoms with Crippen molar-refractivity contribution in [3.63, 3.8) is 0 Å². The Kier molecular flexibility index (Phi) is 3.29. The van der Waals surface area contributed by atoms with Crippen molar-refractivity contribution in [2.24, 2.45) is 0 Å². The lowest BCUT2D eigenvalue weighted by Crippen LogP contribution is -2.17. The fourth-order valence-electron chi connectivity index (χ4n) is 1.20. The number of nitrogens with zero attached hydrogens (tertiary/aromatic N) is 1. The smallest absolute Gasteiger partial charge is 0.109 e. The highest BCUT2D eigenvalue weighted by Gasteiger charge is 2.06. The number of nitrogens with one attached hydrogen (secondary N) is 1. The van der Waals surface area contributed by atoms with Crippen molar-refractivity contribution in [1.82, 2.24) is 10.3 Å². The van der Waals surface area contributed by atoms with Crippen LogP contribution < -0.4 is 5.32 Å². The number of aromatic nitrogens is 1. The SMILES string of the molecule is C[C@@H](NCc1cccs1)c1nccs1. The Labute approximate surface area is 91.6 Å². The van der Waals surface area contributed by atoms with Gasteiger partial charge in [-0.1, -0.05) is 6.07 Å². The number of thiophene rings is 1. The summed E-state index contributed by atoms with van der Waals surface area (Å²) in [4.78, 5) is 5.64. The molecule has 2 aromatic heterocycles. The third-order valence-corrected chi connectivity index (χ3v) is 3.82. The van der Waals surface area contributed by atoms with Gasteiger partial charge in [0, 0.05) is 23.0 Å². The molecular weight excluding hydrogens is 212 g/mol. The van der Waals surface area contributed by atoms with Crippen molar-refractivity contribution in [3.05, 3.63) is 39.0 Å². The molecule has 2 aromatic rings. The molecule has 4 heteroatoms. The quantitative estimate of drug-likeness (QED) is 0.863. The molecule has 0 unspecified atom stereocenters. The Hall–Kier alpha value is -0.710. The van der Waals surface area contributed by atoms with E-state index in [1.807, 2.05) is 11.6 Å². The summed E-state index contributed by atoms with van der Waals surface area (Å²) in [6, 6.07) is 4.57. The predicted octanol–water partition coefficient (Wildman–Crippen LogP) is 3.06. The first-order valence-corrected chi connectivity index (χ1v) is 6.27. The van der Waals surface area contributed by atoms with E-state index in [0.29, 0.717) is 6.04 Å². The topological polar surface area (TPSA) is 24.9 Å². The maximum Gasteiger partial charge on any atom is 0.109 e. The van der Waals surface area contributed by atoms with Crippen molar-refractivity contribution < 1.29 is 0 Å². The standard InChI is InChI=1S/C10H12N2S2/c1-8(10-11-4-6-14-10)12-7-9-3-2-5-13-9/h2-6,8,12H,7H2,1H3/t8-/m1/s1. The molecule has 1 atom stereocenters. The van der Waals surface area contributed by atoms with Crippen LogP contribution in [0.1, 0.15) is 22.9 Å². The van der Waals surface area contributed by atoms with Crippen molar-refractivity contribution in [3.8, 4) is 0 Å². The normalized spacial score (nSPS) is 12.9. The van der Waals surface area contributed by atoms with Gasteiger partial charge >= 0.3 is 0 Å². The zero-order valence-electron chi connectivity index (χ0n) is 7.93. The van der Waals surface area contributed by atoms with Gasteiger partial charge in [-0.3, -0.25) is 0 Å². The van der Waals surface area contributed by atoms with E-state index in [0.717, 1.165) is 11.6 Å². The highest BCUT2D eigenvalue weighted by Crippen LogP contribution is 2.16. The lowest BCUT2D eigenvalue weighted by Gasteiger charge is -2.09. The molecule has 1 N–H and O–H groups in total. The third kappa shape index (κ3) is 2.41. The Morgan fingerprint density at radius 2 is 2.36 bits per heavy atom. The monoisotopic (exact) mass is 224 g/mol. The maximum absolute atomic E-state index is 4.28. The molecule has 0 saturated carbocycles. The molecule has 14 heavy (non-hydrogen) atoms. The average Bonchev–Trinajstić information content (AvgIpc) is 2.87. The molecule has 2 rings (SSSR count). The second kappa shape index (κ2) is 4.68. The van der Waals surface area contributed by atoms with Gasteiger partial charge in [0.05, 0.1) is 6.04 Å². The molecule has 0 radical (unpaired) electrons. The van der Waals surface area contributed by atoms with E-state index >= 15 is 0 Å². The predicted molar refractivity (Wildman–Crippen MR) is 61.7 cm³/mol. The van der Waals surface area contributed by atoms with E-state index in [1.54, 1.807) is 22.7 Å². The van der Waals surface area contributed by atoms with Crippen LogP contribution in [-0.4, -0.2) is 4.98 Å². The van der Waals surface area contributed by atoms with E-state index in [9.17, 15) is 0 Å². The van der Waals surface area contributed by atoms with Crippen LogP contribution in [-0.2, 0) is 6.54 Å². The lowest BCUT2D eigenvalue weighted by atomic mass is 10.3. The Bertz CT molecular complexity index is 353. The zero-order valence-corrected chi connectivity index (χ0v) is 9.57. The summed E-state index contributed by atoms with van der Waals surface area (Å²) in [7, 11) is 0. The van der Waals surface area contributed by atoms with E-state index in [1.165, 1.54) is 4.88 Å². The first-order chi connectivity index (χ1) is 6.86. The molecule has 0 aliphatic rings. The van der Waals surface area contributed by atoms with Gasteiger partial charge in [-0.2, -0.15) is 0 Å². The summed E-state index contributed by atoms with van der Waals surface area (Å²) in [5.74, 6) is 0. The first-order valence-electron chi connectivity index (χ1n) is 4.51. The molecule has 0 aliphatic carbocycles. The molecule has 0 spiro atoms. The minimum absolute atomic E-state index is 0.345. The molecule has 0 amide bonds. The van der Waals surface area contributed by atoms with Crippen LogP contribution in [0.5, 0.6) is 0 Å². The van der Waals surface area contributed by atoms with Gasteiger partial charge in [-0.05, 0) is 18.4 Å². The average molecular weight is 224 g/mol. The Morgan fingerprint density at radius 3 is 3.00 bits per heavy atom. The van der Waals surface area contributed by atoms with Crippen molar-refractivity contribution >= 4 is 22.7 Å². The van der Waals surface area contributed by atoms with Crippen molar-refractivity contribution in [2.45, 2.75) is 19.5 Å². The van der Waals surface area contributed by atoms with Gasteiger partial charge in [0.1, 0.15) is 5.01 Å². The number of hydrogen-bond donors (Lipinski definition) is 1. The molecular formula is C10H12N2S2. The van der Waals surface area contributed by atoms with Crippen molar-refractivity contribution in [2.75, 3.05) is 0 Å². The summed E-state index contributed by atoms with van der Waals surface area (Å²) in [6.45, 7) is 3.07. The minimum Gasteiger partial charge on any atom is -0.303 e. The summed E-state index contributed by atoms with van der Waals surface area (Å²) in [5, 5.41) is 8.71. The molecule has 0 aliphatic heterocycles. The first kappa shape index (κ1) is 9.83. The fourth-order valence-corrected chi connectivity index (χ4v) is 2.53. The summed E-state index contributed by atoms with van der Waals surface area (Å²) >= 11 is 3.48. The third-order valence-electron chi connectivity index (χ3n) is 1.98. The van der Waals surface area contributed by atoms with Gasteiger partial charge in [0.15, 0.2) is 0 Å². The molecule has 0 saturated heterocycles. The van der Waals surface area contributed by atoms with E-state index in [4.69, 9.17) is 0 Å². The van der Waals surface area contributed by atoms with Gasteiger partial charge in [-0.15, -0.1) is 22.7 Å². The van der Waals surface area contributed by atoms with Gasteiger partial charge in [0.2, 0.25) is 0 Å². The number of hydrogen-bond acceptors (Lipinski definition) is 4. The van der Waals surface area contributed by atoms with Crippen LogP contribution in [0.2, 0.25) is 0 Å². The highest BCUT2D eigenvalue weighted by molar-refractivity contribution is 7.10. The van der Waals surface area contributed by atoms with E-state index in [-0.39, 0.29) is 0 Å². The summed E-state index contributed by atoms with van der Waals surface area (Å²) < 4.78 is 0. The van der Waals surface area contributed by atoms with E-state index in [2.05, 4.69) is 34.7 Å².